The van der Waals surface area contributed by atoms with Crippen molar-refractivity contribution in [3.05, 3.63) is 62.8 Å². The molecule has 0 saturated carbocycles. The number of benzene rings is 1. The average molecular weight is 510 g/mol. The predicted molar refractivity (Wildman–Crippen MR) is 115 cm³/mol. The zero-order valence-electron chi connectivity index (χ0n) is 19.0. The molecule has 4 atom stereocenters. The van der Waals surface area contributed by atoms with Crippen LogP contribution < -0.4 is 11.2 Å². The Balaban J connectivity index is 1.60. The summed E-state index contributed by atoms with van der Waals surface area (Å²) in [6.07, 6.45) is -0.512. The smallest absolute Gasteiger partial charge is 0.274 e. The molecule has 2 amide bonds. The van der Waals surface area contributed by atoms with Gasteiger partial charge < -0.3 is 20.3 Å². The van der Waals surface area contributed by atoms with E-state index in [2.05, 4.69) is 0 Å². The van der Waals surface area contributed by atoms with E-state index in [0.717, 1.165) is 11.3 Å². The number of nitrogens with zero attached hydrogens (tertiary/aromatic N) is 3. The molecule has 1 aromatic carbocycles. The maximum atomic E-state index is 15.3. The number of hydrogen-bond donors (Lipinski definition) is 2. The number of aromatic nitrogens is 1. The van der Waals surface area contributed by atoms with Crippen LogP contribution in [0.15, 0.2) is 23.1 Å². The Morgan fingerprint density at radius 1 is 1.25 bits per heavy atom. The number of alkyl halides is 1. The van der Waals surface area contributed by atoms with Gasteiger partial charge in [0, 0.05) is 42.9 Å². The van der Waals surface area contributed by atoms with Crippen LogP contribution in [-0.4, -0.2) is 55.9 Å². The fourth-order valence-corrected chi connectivity index (χ4v) is 5.39. The average Bonchev–Trinajstić information content (AvgIpc) is 3.06. The molecule has 2 bridgehead atoms. The molecule has 2 aromatic rings. The number of carbonyl (C=O) groups excluding carboxylic acids is 2. The van der Waals surface area contributed by atoms with Crippen LogP contribution in [0.2, 0.25) is 0 Å². The third kappa shape index (κ3) is 3.56. The second-order valence-corrected chi connectivity index (χ2v) is 9.42. The zero-order chi connectivity index (χ0) is 26.1. The van der Waals surface area contributed by atoms with Gasteiger partial charge in [-0.25, -0.2) is 17.6 Å². The summed E-state index contributed by atoms with van der Waals surface area (Å²) in [5, 5.41) is 11.3. The summed E-state index contributed by atoms with van der Waals surface area (Å²) < 4.78 is 58.4. The lowest BCUT2D eigenvalue weighted by Crippen LogP contribution is -2.52. The van der Waals surface area contributed by atoms with Crippen LogP contribution in [0.1, 0.15) is 58.6 Å². The first-order valence-corrected chi connectivity index (χ1v) is 11.3. The van der Waals surface area contributed by atoms with Gasteiger partial charge >= 0.3 is 0 Å². The maximum absolute atomic E-state index is 15.3. The lowest BCUT2D eigenvalue weighted by atomic mass is 9.85. The molecule has 3 aliphatic rings. The van der Waals surface area contributed by atoms with Gasteiger partial charge in [-0.2, -0.15) is 5.06 Å². The summed E-state index contributed by atoms with van der Waals surface area (Å²) in [4.78, 5) is 45.0. The number of hydroxylamine groups is 2. The lowest BCUT2D eigenvalue weighted by molar-refractivity contribution is -0.239. The van der Waals surface area contributed by atoms with Crippen molar-refractivity contribution in [1.82, 2.24) is 14.5 Å². The highest BCUT2D eigenvalue weighted by Gasteiger charge is 2.57. The number of carbonyl (C=O) groups is 2. The van der Waals surface area contributed by atoms with E-state index in [4.69, 9.17) is 10.6 Å². The van der Waals surface area contributed by atoms with Gasteiger partial charge in [-0.3, -0.25) is 19.2 Å². The van der Waals surface area contributed by atoms with Gasteiger partial charge in [0.05, 0.1) is 12.6 Å². The molecular formula is C23H22F4N4O5. The van der Waals surface area contributed by atoms with E-state index in [9.17, 15) is 32.7 Å². The molecule has 2 fully saturated rings. The van der Waals surface area contributed by atoms with E-state index in [1.54, 1.807) is 6.92 Å². The topological polar surface area (TPSA) is 118 Å². The third-order valence-corrected chi connectivity index (χ3v) is 7.31. The molecular weight excluding hydrogens is 488 g/mol. The SMILES string of the molecule is C[C@H]1CC[C@]2(CC(F)N(Cc3c(F)cc(F)cc3F)O2)[C@H]2CN1C(=O)c1c(O)c(=O)c(C(N)=O)cn12. The highest BCUT2D eigenvalue weighted by Crippen LogP contribution is 2.49. The van der Waals surface area contributed by atoms with Gasteiger partial charge in [-0.15, -0.1) is 0 Å². The van der Waals surface area contributed by atoms with Gasteiger partial charge in [0.25, 0.3) is 11.8 Å². The minimum Gasteiger partial charge on any atom is -0.503 e. The molecule has 1 aromatic heterocycles. The Morgan fingerprint density at radius 2 is 1.92 bits per heavy atom. The van der Waals surface area contributed by atoms with Gasteiger partial charge in [0.15, 0.2) is 17.7 Å². The third-order valence-electron chi connectivity index (χ3n) is 7.31. The van der Waals surface area contributed by atoms with Crippen LogP contribution in [0, 0.1) is 17.5 Å². The molecule has 9 nitrogen and oxygen atoms in total. The molecule has 3 aliphatic heterocycles. The van der Waals surface area contributed by atoms with E-state index >= 15 is 4.39 Å². The minimum absolute atomic E-state index is 0.00660. The zero-order valence-corrected chi connectivity index (χ0v) is 19.0. The predicted octanol–water partition coefficient (Wildman–Crippen LogP) is 2.12. The van der Waals surface area contributed by atoms with Crippen molar-refractivity contribution in [3.63, 3.8) is 0 Å². The van der Waals surface area contributed by atoms with Crippen molar-refractivity contribution < 1.29 is 37.1 Å². The maximum Gasteiger partial charge on any atom is 0.274 e. The monoisotopic (exact) mass is 510 g/mol. The minimum atomic E-state index is -1.83. The van der Waals surface area contributed by atoms with Crippen LogP contribution in [0.3, 0.4) is 0 Å². The lowest BCUT2D eigenvalue weighted by Gasteiger charge is -2.42. The fourth-order valence-electron chi connectivity index (χ4n) is 5.39. The summed E-state index contributed by atoms with van der Waals surface area (Å²) in [6, 6.07) is -0.293. The molecule has 5 rings (SSSR count). The molecule has 3 N–H and O–H groups in total. The van der Waals surface area contributed by atoms with Crippen LogP contribution in [0.4, 0.5) is 17.6 Å². The van der Waals surface area contributed by atoms with Gasteiger partial charge in [-0.05, 0) is 19.8 Å². The molecule has 0 radical (unpaired) electrons. The number of fused-ring (bicyclic) bond motifs is 5. The summed E-state index contributed by atoms with van der Waals surface area (Å²) in [6.45, 7) is 1.08. The quantitative estimate of drug-likeness (QED) is 0.483. The van der Waals surface area contributed by atoms with E-state index in [1.165, 1.54) is 9.47 Å². The van der Waals surface area contributed by atoms with E-state index in [1.807, 2.05) is 0 Å². The van der Waals surface area contributed by atoms with Crippen molar-refractivity contribution in [2.75, 3.05) is 6.54 Å². The van der Waals surface area contributed by atoms with Gasteiger partial charge in [0.1, 0.15) is 28.6 Å². The molecule has 4 heterocycles. The Labute approximate surface area is 201 Å². The van der Waals surface area contributed by atoms with Gasteiger partial charge in [0.2, 0.25) is 5.43 Å². The number of rotatable bonds is 3. The van der Waals surface area contributed by atoms with Crippen molar-refractivity contribution in [2.24, 2.45) is 5.73 Å². The standard InChI is InChI=1S/C23H22F4N4O5/c1-10-2-3-23(6-17(27)31(36-23)8-12-14(25)4-11(24)5-15(12)26)16-9-29(10)22(35)18-20(33)19(32)13(21(28)34)7-30(16)18/h4-5,7,10,16-17,33H,2-3,6,8-9H2,1H3,(H2,28,34)/t10-,16+,17?,23-/m0/s1. The summed E-state index contributed by atoms with van der Waals surface area (Å²) in [5.74, 6) is -6.26. The van der Waals surface area contributed by atoms with Crippen molar-refractivity contribution >= 4 is 11.8 Å². The van der Waals surface area contributed by atoms with Crippen molar-refractivity contribution in [3.8, 4) is 5.75 Å². The van der Waals surface area contributed by atoms with Crippen molar-refractivity contribution in [2.45, 2.75) is 56.7 Å². The molecule has 36 heavy (non-hydrogen) atoms. The first-order valence-electron chi connectivity index (χ1n) is 11.3. The second-order valence-electron chi connectivity index (χ2n) is 9.42. The Kier molecular flexibility index (Phi) is 5.59. The number of hydrogen-bond acceptors (Lipinski definition) is 6. The molecule has 0 aliphatic carbocycles. The van der Waals surface area contributed by atoms with E-state index in [-0.39, 0.29) is 31.1 Å². The Bertz CT molecular complexity index is 1330. The highest BCUT2D eigenvalue weighted by molar-refractivity contribution is 5.99. The molecule has 13 heteroatoms. The Morgan fingerprint density at radius 3 is 2.56 bits per heavy atom. The number of amides is 2. The normalized spacial score (nSPS) is 27.9. The first-order chi connectivity index (χ1) is 16.9. The summed E-state index contributed by atoms with van der Waals surface area (Å²) >= 11 is 0. The van der Waals surface area contributed by atoms with Crippen LogP contribution in [0.25, 0.3) is 0 Å². The van der Waals surface area contributed by atoms with E-state index in [0.29, 0.717) is 18.6 Å². The molecule has 192 valence electrons. The van der Waals surface area contributed by atoms with Gasteiger partial charge in [-0.1, -0.05) is 0 Å². The first kappa shape index (κ1) is 24.3. The fraction of sp³-hybridized carbons (Fsp3) is 0.435. The number of primary amides is 1. The summed E-state index contributed by atoms with van der Waals surface area (Å²) in [5.41, 5.74) is 1.27. The number of halogens is 4. The largest absolute Gasteiger partial charge is 0.503 e. The molecule has 1 spiro atoms. The summed E-state index contributed by atoms with van der Waals surface area (Å²) in [7, 11) is 0. The van der Waals surface area contributed by atoms with E-state index < -0.39 is 76.1 Å². The highest BCUT2D eigenvalue weighted by atomic mass is 19.2. The molecule has 2 saturated heterocycles. The van der Waals surface area contributed by atoms with Crippen molar-refractivity contribution in [1.29, 1.82) is 0 Å². The van der Waals surface area contributed by atoms with Crippen LogP contribution in [-0.2, 0) is 11.4 Å². The second kappa shape index (κ2) is 8.30. The van der Waals surface area contributed by atoms with Crippen LogP contribution >= 0.6 is 0 Å². The Hall–Kier alpha value is -3.45. The number of aromatic hydroxyl groups is 1. The number of nitrogens with two attached hydrogens (primary N) is 1. The molecule has 1 unspecified atom stereocenters. The number of pyridine rings is 1. The van der Waals surface area contributed by atoms with Crippen LogP contribution in [0.5, 0.6) is 5.75 Å².